The van der Waals surface area contributed by atoms with Gasteiger partial charge in [0.25, 0.3) is 0 Å². The van der Waals surface area contributed by atoms with Crippen LogP contribution < -0.4 is 0 Å². The summed E-state index contributed by atoms with van der Waals surface area (Å²) in [6, 6.07) is 10.1. The minimum absolute atomic E-state index is 0.152. The third kappa shape index (κ3) is 2.01. The highest BCUT2D eigenvalue weighted by Crippen LogP contribution is 2.24. The average Bonchev–Trinajstić information content (AvgIpc) is 2.78. The molecule has 0 aliphatic rings. The molecule has 2 heterocycles. The lowest BCUT2D eigenvalue weighted by atomic mass is 10.2. The summed E-state index contributed by atoms with van der Waals surface area (Å²) in [6.45, 7) is 2.09. The van der Waals surface area contributed by atoms with Crippen molar-refractivity contribution in [2.75, 3.05) is 0 Å². The highest BCUT2D eigenvalue weighted by Gasteiger charge is 2.13. The summed E-state index contributed by atoms with van der Waals surface area (Å²) in [7, 11) is 0. The summed E-state index contributed by atoms with van der Waals surface area (Å²) >= 11 is 0. The Morgan fingerprint density at radius 2 is 2.05 bits per heavy atom. The summed E-state index contributed by atoms with van der Waals surface area (Å²) in [5.74, 6) is 0.324. The van der Waals surface area contributed by atoms with E-state index in [1.165, 1.54) is 12.1 Å². The molecule has 5 heteroatoms. The van der Waals surface area contributed by atoms with Gasteiger partial charge >= 0.3 is 0 Å². The van der Waals surface area contributed by atoms with E-state index in [0.29, 0.717) is 11.5 Å². The molecule has 20 heavy (non-hydrogen) atoms. The van der Waals surface area contributed by atoms with Gasteiger partial charge in [0, 0.05) is 11.8 Å². The van der Waals surface area contributed by atoms with Crippen LogP contribution in [-0.4, -0.2) is 14.5 Å². The van der Waals surface area contributed by atoms with Crippen LogP contribution in [0.2, 0.25) is 0 Å². The van der Waals surface area contributed by atoms with Gasteiger partial charge in [-0.15, -0.1) is 0 Å². The molecule has 0 saturated carbocycles. The molecular weight excluding hydrogens is 255 g/mol. The monoisotopic (exact) mass is 266 g/mol. The number of halogens is 1. The van der Waals surface area contributed by atoms with Crippen LogP contribution >= 0.6 is 0 Å². The van der Waals surface area contributed by atoms with Crippen molar-refractivity contribution in [2.45, 2.75) is 13.5 Å². The van der Waals surface area contributed by atoms with Crippen molar-refractivity contribution in [3.8, 4) is 17.5 Å². The number of hydrogen-bond acceptors (Lipinski definition) is 3. The Kier molecular flexibility index (Phi) is 2.92. The fourth-order valence-electron chi connectivity index (χ4n) is 2.15. The highest BCUT2D eigenvalue weighted by atomic mass is 19.1. The zero-order valence-corrected chi connectivity index (χ0v) is 10.8. The quantitative estimate of drug-likeness (QED) is 0.716. The molecule has 4 nitrogen and oxygen atoms in total. The number of aromatic nitrogens is 3. The van der Waals surface area contributed by atoms with Crippen molar-refractivity contribution < 1.29 is 4.39 Å². The molecule has 0 bridgehead atoms. The van der Waals surface area contributed by atoms with E-state index in [1.807, 2.05) is 13.0 Å². The molecule has 1 aromatic carbocycles. The van der Waals surface area contributed by atoms with Gasteiger partial charge < -0.3 is 0 Å². The van der Waals surface area contributed by atoms with E-state index >= 15 is 0 Å². The Morgan fingerprint density at radius 3 is 2.75 bits per heavy atom. The van der Waals surface area contributed by atoms with E-state index in [4.69, 9.17) is 5.26 Å². The maximum absolute atomic E-state index is 13.0. The molecule has 2 aromatic heterocycles. The molecule has 0 fully saturated rings. The van der Waals surface area contributed by atoms with E-state index in [-0.39, 0.29) is 12.4 Å². The molecule has 98 valence electrons. The predicted octanol–water partition coefficient (Wildman–Crippen LogP) is 3.07. The van der Waals surface area contributed by atoms with Crippen molar-refractivity contribution in [1.29, 1.82) is 5.26 Å². The van der Waals surface area contributed by atoms with Gasteiger partial charge in [0.2, 0.25) is 0 Å². The summed E-state index contributed by atoms with van der Waals surface area (Å²) in [5, 5.41) is 8.98. The molecule has 0 spiro atoms. The van der Waals surface area contributed by atoms with Crippen LogP contribution in [0.15, 0.2) is 36.5 Å². The van der Waals surface area contributed by atoms with E-state index in [9.17, 15) is 4.39 Å². The second-order valence-electron chi connectivity index (χ2n) is 4.54. The number of nitriles is 1. The van der Waals surface area contributed by atoms with Crippen LogP contribution in [0.3, 0.4) is 0 Å². The second-order valence-corrected chi connectivity index (χ2v) is 4.54. The van der Waals surface area contributed by atoms with Crippen LogP contribution in [0.4, 0.5) is 4.39 Å². The van der Waals surface area contributed by atoms with Gasteiger partial charge in [0.1, 0.15) is 23.7 Å². The Bertz CT molecular complexity index is 812. The lowest BCUT2D eigenvalue weighted by Crippen LogP contribution is -2.00. The summed E-state index contributed by atoms with van der Waals surface area (Å²) < 4.78 is 14.8. The maximum Gasteiger partial charge on any atom is 0.161 e. The van der Waals surface area contributed by atoms with Crippen molar-refractivity contribution in [1.82, 2.24) is 14.5 Å². The molecule has 0 amide bonds. The highest BCUT2D eigenvalue weighted by molar-refractivity contribution is 5.77. The maximum atomic E-state index is 13.0. The molecule has 3 rings (SSSR count). The van der Waals surface area contributed by atoms with Crippen LogP contribution in [0.25, 0.3) is 22.6 Å². The standard InChI is InChI=1S/C15H11FN4/c1-10-8-13-15(18-9-10)20(7-6-17)14(19-13)11-2-4-12(16)5-3-11/h2-5,8-9H,7H2,1H3. The number of pyridine rings is 1. The minimum Gasteiger partial charge on any atom is -0.295 e. The predicted molar refractivity (Wildman–Crippen MR) is 73.3 cm³/mol. The largest absolute Gasteiger partial charge is 0.295 e. The average molecular weight is 266 g/mol. The molecule has 0 N–H and O–H groups in total. The Labute approximate surface area is 115 Å². The van der Waals surface area contributed by atoms with E-state index in [0.717, 1.165) is 16.6 Å². The number of rotatable bonds is 2. The number of benzene rings is 1. The molecule has 0 unspecified atom stereocenters. The molecule has 0 saturated heterocycles. The Balaban J connectivity index is 2.26. The van der Waals surface area contributed by atoms with Crippen molar-refractivity contribution in [3.05, 3.63) is 47.9 Å². The fourth-order valence-corrected chi connectivity index (χ4v) is 2.15. The van der Waals surface area contributed by atoms with Crippen molar-refractivity contribution in [2.24, 2.45) is 0 Å². The van der Waals surface area contributed by atoms with Crippen LogP contribution in [0, 0.1) is 24.1 Å². The third-order valence-electron chi connectivity index (χ3n) is 3.05. The van der Waals surface area contributed by atoms with Crippen LogP contribution in [-0.2, 0) is 6.54 Å². The number of aryl methyl sites for hydroxylation is 1. The van der Waals surface area contributed by atoms with Crippen LogP contribution in [0.1, 0.15) is 5.56 Å². The first-order valence-electron chi connectivity index (χ1n) is 6.15. The Hall–Kier alpha value is -2.74. The fraction of sp³-hybridized carbons (Fsp3) is 0.133. The number of nitrogens with zero attached hydrogens (tertiary/aromatic N) is 4. The number of hydrogen-bond donors (Lipinski definition) is 0. The number of imidazole rings is 1. The lowest BCUT2D eigenvalue weighted by molar-refractivity contribution is 0.628. The second kappa shape index (κ2) is 4.74. The van der Waals surface area contributed by atoms with E-state index in [1.54, 1.807) is 22.9 Å². The summed E-state index contributed by atoms with van der Waals surface area (Å²) in [5.41, 5.74) is 3.16. The van der Waals surface area contributed by atoms with E-state index in [2.05, 4.69) is 16.0 Å². The minimum atomic E-state index is -0.300. The topological polar surface area (TPSA) is 54.5 Å². The lowest BCUT2D eigenvalue weighted by Gasteiger charge is -2.04. The van der Waals surface area contributed by atoms with Gasteiger partial charge in [-0.3, -0.25) is 4.57 Å². The first-order chi connectivity index (χ1) is 9.69. The van der Waals surface area contributed by atoms with E-state index < -0.39 is 0 Å². The zero-order valence-electron chi connectivity index (χ0n) is 10.8. The number of fused-ring (bicyclic) bond motifs is 1. The van der Waals surface area contributed by atoms with Gasteiger partial charge in [-0.1, -0.05) is 0 Å². The molecule has 0 radical (unpaired) electrons. The third-order valence-corrected chi connectivity index (χ3v) is 3.05. The van der Waals surface area contributed by atoms with Crippen molar-refractivity contribution in [3.63, 3.8) is 0 Å². The molecule has 0 atom stereocenters. The SMILES string of the molecule is Cc1cnc2c(c1)nc(-c1ccc(F)cc1)n2CC#N. The van der Waals surface area contributed by atoms with Gasteiger partial charge in [-0.2, -0.15) is 5.26 Å². The van der Waals surface area contributed by atoms with Gasteiger partial charge in [-0.05, 0) is 42.8 Å². The summed E-state index contributed by atoms with van der Waals surface area (Å²) in [6.07, 6.45) is 1.74. The molecule has 0 aliphatic heterocycles. The van der Waals surface area contributed by atoms with Crippen LogP contribution in [0.5, 0.6) is 0 Å². The first kappa shape index (κ1) is 12.3. The smallest absolute Gasteiger partial charge is 0.161 e. The van der Waals surface area contributed by atoms with Gasteiger partial charge in [0.15, 0.2) is 5.65 Å². The van der Waals surface area contributed by atoms with Crippen molar-refractivity contribution >= 4 is 11.2 Å². The van der Waals surface area contributed by atoms with Gasteiger partial charge in [0.05, 0.1) is 6.07 Å². The summed E-state index contributed by atoms with van der Waals surface area (Å²) in [4.78, 5) is 8.86. The zero-order chi connectivity index (χ0) is 14.1. The molecule has 3 aromatic rings. The van der Waals surface area contributed by atoms with Gasteiger partial charge in [-0.25, -0.2) is 14.4 Å². The first-order valence-corrected chi connectivity index (χ1v) is 6.15. The normalized spacial score (nSPS) is 10.7. The Morgan fingerprint density at radius 1 is 1.30 bits per heavy atom. The molecular formula is C15H11FN4. The molecule has 0 aliphatic carbocycles.